The van der Waals surface area contributed by atoms with Crippen molar-refractivity contribution in [3.05, 3.63) is 36.0 Å². The van der Waals surface area contributed by atoms with E-state index in [1.165, 1.54) is 6.20 Å². The minimum absolute atomic E-state index is 0.0330. The fourth-order valence-electron chi connectivity index (χ4n) is 3.72. The van der Waals surface area contributed by atoms with Crippen molar-refractivity contribution in [1.82, 2.24) is 10.3 Å². The lowest BCUT2D eigenvalue weighted by Gasteiger charge is -2.34. The molecule has 3 rings (SSSR count). The van der Waals surface area contributed by atoms with Crippen LogP contribution in [0.4, 0.5) is 14.5 Å². The molecule has 0 aliphatic carbocycles. The third-order valence-corrected chi connectivity index (χ3v) is 5.01. The number of pyridine rings is 1. The number of hydrogen-bond acceptors (Lipinski definition) is 3. The van der Waals surface area contributed by atoms with E-state index in [1.807, 2.05) is 11.8 Å². The van der Waals surface area contributed by atoms with Gasteiger partial charge in [0.1, 0.15) is 17.2 Å². The van der Waals surface area contributed by atoms with Crippen molar-refractivity contribution in [2.75, 3.05) is 18.0 Å². The van der Waals surface area contributed by atoms with Gasteiger partial charge in [-0.1, -0.05) is 13.3 Å². The SMILES string of the molecule is CCCC(C)NC(=O)C1CCCN(c2ccnc3c(F)ccc(F)c23)C1. The van der Waals surface area contributed by atoms with Gasteiger partial charge in [-0.25, -0.2) is 8.78 Å². The van der Waals surface area contributed by atoms with Gasteiger partial charge in [0.25, 0.3) is 0 Å². The van der Waals surface area contributed by atoms with Crippen molar-refractivity contribution in [1.29, 1.82) is 0 Å². The number of aromatic nitrogens is 1. The number of hydrogen-bond donors (Lipinski definition) is 1. The van der Waals surface area contributed by atoms with Gasteiger partial charge in [-0.2, -0.15) is 0 Å². The highest BCUT2D eigenvalue weighted by Crippen LogP contribution is 2.32. The molecule has 0 saturated carbocycles. The molecule has 0 radical (unpaired) electrons. The molecule has 1 fully saturated rings. The van der Waals surface area contributed by atoms with Crippen LogP contribution in [0.5, 0.6) is 0 Å². The number of fused-ring (bicyclic) bond motifs is 1. The van der Waals surface area contributed by atoms with Crippen molar-refractivity contribution in [3.8, 4) is 0 Å². The van der Waals surface area contributed by atoms with Crippen molar-refractivity contribution in [3.63, 3.8) is 0 Å². The molecule has 2 aromatic rings. The second-order valence-electron chi connectivity index (χ2n) is 7.07. The highest BCUT2D eigenvalue weighted by Gasteiger charge is 2.28. The molecule has 1 amide bonds. The Hall–Kier alpha value is -2.24. The molecule has 2 atom stereocenters. The van der Waals surface area contributed by atoms with Gasteiger partial charge in [-0.05, 0) is 44.4 Å². The normalized spacial score (nSPS) is 18.8. The maximum Gasteiger partial charge on any atom is 0.225 e. The van der Waals surface area contributed by atoms with E-state index in [2.05, 4.69) is 17.2 Å². The first kappa shape index (κ1) is 18.5. The lowest BCUT2D eigenvalue weighted by Crippen LogP contribution is -2.45. The van der Waals surface area contributed by atoms with Crippen molar-refractivity contribution in [2.24, 2.45) is 5.92 Å². The summed E-state index contributed by atoms with van der Waals surface area (Å²) in [5.74, 6) is -1.14. The highest BCUT2D eigenvalue weighted by molar-refractivity contribution is 5.92. The van der Waals surface area contributed by atoms with E-state index < -0.39 is 11.6 Å². The van der Waals surface area contributed by atoms with Crippen LogP contribution in [0.15, 0.2) is 24.4 Å². The Kier molecular flexibility index (Phi) is 5.69. The van der Waals surface area contributed by atoms with Crippen molar-refractivity contribution < 1.29 is 13.6 Å². The summed E-state index contributed by atoms with van der Waals surface area (Å²) in [5.41, 5.74) is 0.636. The zero-order chi connectivity index (χ0) is 18.7. The predicted molar refractivity (Wildman–Crippen MR) is 99.1 cm³/mol. The van der Waals surface area contributed by atoms with Gasteiger partial charge in [0.05, 0.1) is 17.0 Å². The van der Waals surface area contributed by atoms with Crippen LogP contribution in [0.25, 0.3) is 10.9 Å². The fourth-order valence-corrected chi connectivity index (χ4v) is 3.72. The first-order valence-electron chi connectivity index (χ1n) is 9.29. The Morgan fingerprint density at radius 1 is 1.35 bits per heavy atom. The van der Waals surface area contributed by atoms with E-state index in [9.17, 15) is 13.6 Å². The Bertz CT molecular complexity index is 796. The van der Waals surface area contributed by atoms with Crippen LogP contribution in [-0.4, -0.2) is 30.0 Å². The summed E-state index contributed by atoms with van der Waals surface area (Å²) in [5, 5.41) is 3.26. The van der Waals surface area contributed by atoms with E-state index in [4.69, 9.17) is 0 Å². The number of carbonyl (C=O) groups is 1. The van der Waals surface area contributed by atoms with E-state index >= 15 is 0 Å². The number of amides is 1. The van der Waals surface area contributed by atoms with Crippen LogP contribution in [0.2, 0.25) is 0 Å². The largest absolute Gasteiger partial charge is 0.370 e. The number of carbonyl (C=O) groups excluding carboxylic acids is 1. The van der Waals surface area contributed by atoms with Crippen LogP contribution in [0, 0.1) is 17.6 Å². The zero-order valence-electron chi connectivity index (χ0n) is 15.3. The van der Waals surface area contributed by atoms with Crippen LogP contribution in [0.3, 0.4) is 0 Å². The van der Waals surface area contributed by atoms with Crippen molar-refractivity contribution >= 4 is 22.5 Å². The summed E-state index contributed by atoms with van der Waals surface area (Å²) in [6.07, 6.45) is 5.10. The number of piperidine rings is 1. The molecule has 6 heteroatoms. The molecule has 1 aromatic heterocycles. The molecule has 26 heavy (non-hydrogen) atoms. The molecule has 1 N–H and O–H groups in total. The first-order valence-corrected chi connectivity index (χ1v) is 9.29. The number of anilines is 1. The smallest absolute Gasteiger partial charge is 0.225 e. The number of nitrogens with zero attached hydrogens (tertiary/aromatic N) is 2. The second-order valence-corrected chi connectivity index (χ2v) is 7.07. The number of nitrogens with one attached hydrogen (secondary N) is 1. The lowest BCUT2D eigenvalue weighted by molar-refractivity contribution is -0.125. The Morgan fingerprint density at radius 2 is 2.12 bits per heavy atom. The summed E-state index contributed by atoms with van der Waals surface area (Å²) in [7, 11) is 0. The molecule has 2 heterocycles. The van der Waals surface area contributed by atoms with Gasteiger partial charge in [-0.15, -0.1) is 0 Å². The standard InChI is InChI=1S/C20H25F2N3O/c1-3-5-13(2)24-20(26)14-6-4-11-25(12-14)17-9-10-23-19-16(22)8-7-15(21)18(17)19/h7-10,13-14H,3-6,11-12H2,1-2H3,(H,24,26). The molecule has 1 aliphatic rings. The van der Waals surface area contributed by atoms with Gasteiger partial charge in [0.2, 0.25) is 5.91 Å². The van der Waals surface area contributed by atoms with Crippen LogP contribution < -0.4 is 10.2 Å². The molecular weight excluding hydrogens is 336 g/mol. The van der Waals surface area contributed by atoms with E-state index in [0.29, 0.717) is 18.8 Å². The summed E-state index contributed by atoms with van der Waals surface area (Å²) in [6, 6.07) is 4.07. The maximum atomic E-state index is 14.4. The van der Waals surface area contributed by atoms with Crippen LogP contribution in [-0.2, 0) is 4.79 Å². The summed E-state index contributed by atoms with van der Waals surface area (Å²) in [4.78, 5) is 18.5. The van der Waals surface area contributed by atoms with E-state index in [-0.39, 0.29) is 28.8 Å². The van der Waals surface area contributed by atoms with Crippen molar-refractivity contribution in [2.45, 2.75) is 45.6 Å². The van der Waals surface area contributed by atoms with Gasteiger partial charge in [0.15, 0.2) is 0 Å². The number of halogens is 2. The van der Waals surface area contributed by atoms with Crippen LogP contribution >= 0.6 is 0 Å². The van der Waals surface area contributed by atoms with Crippen LogP contribution in [0.1, 0.15) is 39.5 Å². The quantitative estimate of drug-likeness (QED) is 0.874. The van der Waals surface area contributed by atoms with E-state index in [0.717, 1.165) is 37.8 Å². The monoisotopic (exact) mass is 361 g/mol. The lowest BCUT2D eigenvalue weighted by atomic mass is 9.95. The number of rotatable bonds is 5. The molecule has 2 unspecified atom stereocenters. The molecule has 0 bridgehead atoms. The molecule has 0 spiro atoms. The molecule has 1 aromatic carbocycles. The van der Waals surface area contributed by atoms with Gasteiger partial charge < -0.3 is 10.2 Å². The second kappa shape index (κ2) is 7.98. The summed E-state index contributed by atoms with van der Waals surface area (Å²) in [6.45, 7) is 5.31. The fraction of sp³-hybridized carbons (Fsp3) is 0.500. The average molecular weight is 361 g/mol. The average Bonchev–Trinajstić information content (AvgIpc) is 2.64. The van der Waals surface area contributed by atoms with Gasteiger partial charge in [-0.3, -0.25) is 9.78 Å². The minimum atomic E-state index is -0.539. The highest BCUT2D eigenvalue weighted by atomic mass is 19.1. The molecule has 1 aliphatic heterocycles. The predicted octanol–water partition coefficient (Wildman–Crippen LogP) is 4.03. The summed E-state index contributed by atoms with van der Waals surface area (Å²) >= 11 is 0. The third kappa shape index (κ3) is 3.79. The Labute approximate surface area is 152 Å². The topological polar surface area (TPSA) is 45.2 Å². The number of benzene rings is 1. The van der Waals surface area contributed by atoms with Gasteiger partial charge in [0, 0.05) is 25.3 Å². The maximum absolute atomic E-state index is 14.4. The van der Waals surface area contributed by atoms with Gasteiger partial charge >= 0.3 is 0 Å². The first-order chi connectivity index (χ1) is 12.5. The minimum Gasteiger partial charge on any atom is -0.370 e. The molecule has 4 nitrogen and oxygen atoms in total. The molecule has 1 saturated heterocycles. The molecule has 140 valence electrons. The van der Waals surface area contributed by atoms with E-state index in [1.54, 1.807) is 6.07 Å². The molecular formula is C20H25F2N3O. The zero-order valence-corrected chi connectivity index (χ0v) is 15.3. The summed E-state index contributed by atoms with van der Waals surface area (Å²) < 4.78 is 28.4. The Morgan fingerprint density at radius 3 is 2.88 bits per heavy atom. The third-order valence-electron chi connectivity index (χ3n) is 5.01. The Balaban J connectivity index is 1.83.